The number of hydrogen-bond acceptors (Lipinski definition) is 5. The van der Waals surface area contributed by atoms with Gasteiger partial charge in [0.1, 0.15) is 5.69 Å². The molecular weight excluding hydrogens is 162 g/mol. The van der Waals surface area contributed by atoms with Crippen molar-refractivity contribution in [2.45, 2.75) is 6.92 Å². The molecule has 0 atom stereocenters. The second kappa shape index (κ2) is 2.43. The van der Waals surface area contributed by atoms with Crippen LogP contribution in [0.5, 0.6) is 0 Å². The highest BCUT2D eigenvalue weighted by Gasteiger charge is 2.05. The first-order valence-electron chi connectivity index (χ1n) is 3.05. The second-order valence-electron chi connectivity index (χ2n) is 2.00. The van der Waals surface area contributed by atoms with Crippen LogP contribution in [0.2, 0.25) is 0 Å². The molecule has 0 aliphatic rings. The fraction of sp³-hybridized carbons (Fsp3) is 0.167. The van der Waals surface area contributed by atoms with E-state index in [0.717, 1.165) is 10.7 Å². The highest BCUT2D eigenvalue weighted by molar-refractivity contribution is 7.09. The number of thiazole rings is 1. The van der Waals surface area contributed by atoms with Crippen molar-refractivity contribution in [3.8, 4) is 11.6 Å². The van der Waals surface area contributed by atoms with Gasteiger partial charge in [0.15, 0.2) is 0 Å². The predicted octanol–water partition coefficient (Wildman–Crippen LogP) is 1.50. The van der Waals surface area contributed by atoms with Crippen molar-refractivity contribution < 1.29 is 4.42 Å². The molecule has 56 valence electrons. The number of aromatic nitrogens is 3. The lowest BCUT2D eigenvalue weighted by atomic mass is 10.5. The minimum absolute atomic E-state index is 0.481. The summed E-state index contributed by atoms with van der Waals surface area (Å²) in [5.41, 5.74) is 0.755. The summed E-state index contributed by atoms with van der Waals surface area (Å²) in [5.74, 6) is 0.481. The van der Waals surface area contributed by atoms with Gasteiger partial charge in [-0.05, 0) is 6.92 Å². The zero-order chi connectivity index (χ0) is 7.68. The number of aryl methyl sites for hydroxylation is 1. The van der Waals surface area contributed by atoms with Gasteiger partial charge in [0.2, 0.25) is 6.39 Å². The zero-order valence-electron chi connectivity index (χ0n) is 5.81. The van der Waals surface area contributed by atoms with E-state index in [1.807, 2.05) is 12.3 Å². The zero-order valence-corrected chi connectivity index (χ0v) is 6.63. The Bertz CT molecular complexity index is 340. The van der Waals surface area contributed by atoms with Crippen molar-refractivity contribution in [1.29, 1.82) is 0 Å². The van der Waals surface area contributed by atoms with Gasteiger partial charge in [0, 0.05) is 5.38 Å². The average molecular weight is 167 g/mol. The third-order valence-corrected chi connectivity index (χ3v) is 1.97. The largest absolute Gasteiger partial charge is 0.422 e. The average Bonchev–Trinajstić information content (AvgIpc) is 2.55. The first-order chi connectivity index (χ1) is 5.36. The van der Waals surface area contributed by atoms with E-state index in [1.54, 1.807) is 11.3 Å². The Kier molecular flexibility index (Phi) is 1.43. The van der Waals surface area contributed by atoms with E-state index >= 15 is 0 Å². The molecule has 0 fully saturated rings. The van der Waals surface area contributed by atoms with Crippen molar-refractivity contribution in [1.82, 2.24) is 15.2 Å². The lowest BCUT2D eigenvalue weighted by Crippen LogP contribution is -1.77. The molecule has 0 saturated carbocycles. The summed E-state index contributed by atoms with van der Waals surface area (Å²) in [6, 6.07) is 0. The van der Waals surface area contributed by atoms with Crippen LogP contribution >= 0.6 is 11.3 Å². The Hall–Kier alpha value is -1.23. The third kappa shape index (κ3) is 1.14. The smallest absolute Gasteiger partial charge is 0.266 e. The Morgan fingerprint density at radius 1 is 1.55 bits per heavy atom. The second-order valence-corrected chi connectivity index (χ2v) is 3.06. The van der Waals surface area contributed by atoms with Crippen LogP contribution in [-0.4, -0.2) is 15.2 Å². The molecule has 0 aliphatic heterocycles. The van der Waals surface area contributed by atoms with Crippen LogP contribution in [0.25, 0.3) is 11.6 Å². The Labute approximate surface area is 66.9 Å². The van der Waals surface area contributed by atoms with Crippen LogP contribution in [0.4, 0.5) is 0 Å². The highest BCUT2D eigenvalue weighted by Crippen LogP contribution is 2.18. The van der Waals surface area contributed by atoms with E-state index < -0.39 is 0 Å². The summed E-state index contributed by atoms with van der Waals surface area (Å²) in [6.45, 7) is 1.94. The summed E-state index contributed by atoms with van der Waals surface area (Å²) >= 11 is 1.56. The van der Waals surface area contributed by atoms with Crippen LogP contribution in [-0.2, 0) is 0 Å². The molecular formula is C6H5N3OS. The topological polar surface area (TPSA) is 51.8 Å². The van der Waals surface area contributed by atoms with E-state index in [4.69, 9.17) is 4.42 Å². The molecule has 2 aromatic heterocycles. The lowest BCUT2D eigenvalue weighted by Gasteiger charge is -1.81. The summed E-state index contributed by atoms with van der Waals surface area (Å²) in [7, 11) is 0. The molecule has 0 saturated heterocycles. The monoisotopic (exact) mass is 167 g/mol. The van der Waals surface area contributed by atoms with Gasteiger partial charge in [-0.3, -0.25) is 0 Å². The van der Waals surface area contributed by atoms with Gasteiger partial charge in [-0.1, -0.05) is 0 Å². The summed E-state index contributed by atoms with van der Waals surface area (Å²) in [6.07, 6.45) is 1.30. The minimum atomic E-state index is 0.481. The van der Waals surface area contributed by atoms with E-state index in [1.165, 1.54) is 6.39 Å². The molecule has 4 nitrogen and oxygen atoms in total. The third-order valence-electron chi connectivity index (χ3n) is 1.20. The fourth-order valence-corrected chi connectivity index (χ4v) is 1.33. The normalized spacial score (nSPS) is 10.3. The minimum Gasteiger partial charge on any atom is -0.422 e. The molecule has 5 heteroatoms. The van der Waals surface area contributed by atoms with Gasteiger partial charge in [-0.25, -0.2) is 4.98 Å². The standard InChI is InChI=1S/C6H5N3OS/c1-4-8-5(2-11-4)6-9-7-3-10-6/h2-3H,1H3. The maximum absolute atomic E-state index is 4.95. The van der Waals surface area contributed by atoms with Gasteiger partial charge in [-0.2, -0.15) is 0 Å². The maximum atomic E-state index is 4.95. The number of rotatable bonds is 1. The van der Waals surface area contributed by atoms with Crippen LogP contribution in [0.3, 0.4) is 0 Å². The van der Waals surface area contributed by atoms with Crippen molar-refractivity contribution in [2.24, 2.45) is 0 Å². The van der Waals surface area contributed by atoms with Crippen molar-refractivity contribution in [3.05, 3.63) is 16.8 Å². The molecule has 0 bridgehead atoms. The van der Waals surface area contributed by atoms with Crippen LogP contribution in [0, 0.1) is 6.92 Å². The molecule has 2 heterocycles. The van der Waals surface area contributed by atoms with E-state index in [9.17, 15) is 0 Å². The molecule has 0 amide bonds. The molecule has 0 aromatic carbocycles. The first kappa shape index (κ1) is 6.48. The summed E-state index contributed by atoms with van der Waals surface area (Å²) in [4.78, 5) is 4.18. The van der Waals surface area contributed by atoms with Crippen LogP contribution in [0.1, 0.15) is 5.01 Å². The first-order valence-corrected chi connectivity index (χ1v) is 3.93. The predicted molar refractivity (Wildman–Crippen MR) is 40.1 cm³/mol. The molecule has 11 heavy (non-hydrogen) atoms. The Morgan fingerprint density at radius 3 is 3.00 bits per heavy atom. The quantitative estimate of drug-likeness (QED) is 0.645. The summed E-state index contributed by atoms with van der Waals surface area (Å²) in [5, 5.41) is 10.2. The van der Waals surface area contributed by atoms with Crippen LogP contribution in [0.15, 0.2) is 16.2 Å². The number of nitrogens with zero attached hydrogens (tertiary/aromatic N) is 3. The van der Waals surface area contributed by atoms with Gasteiger partial charge >= 0.3 is 0 Å². The molecule has 0 spiro atoms. The SMILES string of the molecule is Cc1nc(-c2nnco2)cs1. The maximum Gasteiger partial charge on any atom is 0.266 e. The van der Waals surface area contributed by atoms with Crippen molar-refractivity contribution in [3.63, 3.8) is 0 Å². The Morgan fingerprint density at radius 2 is 2.45 bits per heavy atom. The lowest BCUT2D eigenvalue weighted by molar-refractivity contribution is 0.566. The molecule has 0 N–H and O–H groups in total. The highest BCUT2D eigenvalue weighted by atomic mass is 32.1. The van der Waals surface area contributed by atoms with Gasteiger partial charge < -0.3 is 4.42 Å². The molecule has 0 aliphatic carbocycles. The summed E-state index contributed by atoms with van der Waals surface area (Å²) < 4.78 is 4.95. The van der Waals surface area contributed by atoms with Crippen molar-refractivity contribution in [2.75, 3.05) is 0 Å². The van der Waals surface area contributed by atoms with Crippen molar-refractivity contribution >= 4 is 11.3 Å². The molecule has 0 unspecified atom stereocenters. The molecule has 0 radical (unpaired) electrons. The van der Waals surface area contributed by atoms with Gasteiger partial charge in [0.05, 0.1) is 5.01 Å². The molecule has 2 aromatic rings. The Balaban J connectivity index is 2.45. The van der Waals surface area contributed by atoms with E-state index in [-0.39, 0.29) is 0 Å². The van der Waals surface area contributed by atoms with E-state index in [2.05, 4.69) is 15.2 Å². The fourth-order valence-electron chi connectivity index (χ4n) is 0.746. The van der Waals surface area contributed by atoms with Gasteiger partial charge in [0.25, 0.3) is 5.89 Å². The van der Waals surface area contributed by atoms with E-state index in [0.29, 0.717) is 5.89 Å². The van der Waals surface area contributed by atoms with Crippen LogP contribution < -0.4 is 0 Å². The van der Waals surface area contributed by atoms with Gasteiger partial charge in [-0.15, -0.1) is 21.5 Å². The molecule has 2 rings (SSSR count). The number of hydrogen-bond donors (Lipinski definition) is 0.